The van der Waals surface area contributed by atoms with Crippen molar-refractivity contribution in [1.82, 2.24) is 15.0 Å². The molecule has 2 atom stereocenters. The van der Waals surface area contributed by atoms with E-state index in [1.807, 2.05) is 50.2 Å². The molecule has 1 amide bonds. The number of hydrogen-bond donors (Lipinski definition) is 2. The van der Waals surface area contributed by atoms with Crippen LogP contribution in [0.1, 0.15) is 33.1 Å². The average molecular weight is 561 g/mol. The van der Waals surface area contributed by atoms with E-state index in [-0.39, 0.29) is 29.7 Å². The first-order valence-electron chi connectivity index (χ1n) is 13.5. The number of nitrogens with zero attached hydrogens (tertiary/aromatic N) is 4. The molecule has 10 heteroatoms. The molecule has 4 aromatic rings. The highest BCUT2D eigenvalue weighted by Gasteiger charge is 2.30. The Morgan fingerprint density at radius 1 is 1.10 bits per heavy atom. The van der Waals surface area contributed by atoms with Crippen LogP contribution in [0.25, 0.3) is 10.9 Å². The number of carbonyl (C=O) groups is 1. The first kappa shape index (κ1) is 27.9. The van der Waals surface area contributed by atoms with E-state index in [4.69, 9.17) is 25.4 Å². The molecule has 2 aromatic carbocycles. The van der Waals surface area contributed by atoms with E-state index in [0.717, 1.165) is 28.8 Å². The van der Waals surface area contributed by atoms with E-state index in [0.29, 0.717) is 36.1 Å². The van der Waals surface area contributed by atoms with E-state index in [1.54, 1.807) is 18.2 Å². The van der Waals surface area contributed by atoms with Crippen LogP contribution >= 0.6 is 11.8 Å². The van der Waals surface area contributed by atoms with E-state index in [1.165, 1.54) is 28.8 Å². The summed E-state index contributed by atoms with van der Waals surface area (Å²) < 4.78 is 19.8. The predicted octanol–water partition coefficient (Wildman–Crippen LogP) is 5.94. The van der Waals surface area contributed by atoms with Crippen LogP contribution in [-0.2, 0) is 9.53 Å². The van der Waals surface area contributed by atoms with E-state index in [2.05, 4.69) is 5.32 Å². The maximum Gasteiger partial charge on any atom is 0.246 e. The normalized spacial score (nSPS) is 15.9. The molecule has 0 radical (unpaired) electrons. The van der Waals surface area contributed by atoms with Gasteiger partial charge in [0.25, 0.3) is 0 Å². The lowest BCUT2D eigenvalue weighted by Gasteiger charge is -2.27. The van der Waals surface area contributed by atoms with E-state index < -0.39 is 6.04 Å². The first-order chi connectivity index (χ1) is 19.3. The van der Waals surface area contributed by atoms with Crippen LogP contribution < -0.4 is 16.0 Å². The third-order valence-electron chi connectivity index (χ3n) is 6.53. The van der Waals surface area contributed by atoms with Gasteiger partial charge in [-0.1, -0.05) is 44.2 Å². The lowest BCUT2D eigenvalue weighted by molar-refractivity contribution is -0.120. The summed E-state index contributed by atoms with van der Waals surface area (Å²) in [5, 5.41) is 5.52. The second-order valence-electron chi connectivity index (χ2n) is 10.3. The number of nitrogens with two attached hydrogens (primary N) is 1. The van der Waals surface area contributed by atoms with Gasteiger partial charge in [-0.25, -0.2) is 14.4 Å². The molecule has 3 heterocycles. The highest BCUT2D eigenvalue weighted by Crippen LogP contribution is 2.31. The van der Waals surface area contributed by atoms with Crippen LogP contribution in [0.4, 0.5) is 21.8 Å². The van der Waals surface area contributed by atoms with Gasteiger partial charge in [-0.15, -0.1) is 0 Å². The van der Waals surface area contributed by atoms with Crippen molar-refractivity contribution in [3.8, 4) is 0 Å². The summed E-state index contributed by atoms with van der Waals surface area (Å²) in [7, 11) is 0. The molecule has 0 saturated carbocycles. The standard InChI is InChI=1S/C30H33FN6O2S/c1-19(2)15-24(32)29(38)37(18-23-10-6-14-39-23)30-35-26(33-22-9-5-8-21(31)16-22)17-28(36-30)40-27-13-12-20-7-3-4-11-25(20)34-27/h3-5,7-9,11-13,16-17,19,23-24H,6,10,14-15,18,32H2,1-2H3,(H,33,35,36)/t23?,24-/m0/s1. The average Bonchev–Trinajstić information content (AvgIpc) is 3.44. The van der Waals surface area contributed by atoms with Crippen molar-refractivity contribution < 1.29 is 13.9 Å². The smallest absolute Gasteiger partial charge is 0.246 e. The molecule has 1 fully saturated rings. The van der Waals surface area contributed by atoms with Gasteiger partial charge in [-0.3, -0.25) is 9.69 Å². The first-order valence-corrected chi connectivity index (χ1v) is 14.3. The Labute approximate surface area is 237 Å². The van der Waals surface area contributed by atoms with Crippen LogP contribution in [-0.4, -0.2) is 46.2 Å². The van der Waals surface area contributed by atoms with E-state index >= 15 is 0 Å². The molecule has 1 aliphatic heterocycles. The number of pyridine rings is 1. The molecule has 208 valence electrons. The van der Waals surface area contributed by atoms with Crippen molar-refractivity contribution in [3.63, 3.8) is 0 Å². The third-order valence-corrected chi connectivity index (χ3v) is 7.38. The lowest BCUT2D eigenvalue weighted by Crippen LogP contribution is -2.48. The molecule has 1 aliphatic rings. The number of rotatable bonds is 10. The summed E-state index contributed by atoms with van der Waals surface area (Å²) in [6.45, 7) is 5.01. The summed E-state index contributed by atoms with van der Waals surface area (Å²) in [4.78, 5) is 29.4. The minimum atomic E-state index is -0.705. The Hall–Kier alpha value is -3.60. The number of benzene rings is 2. The van der Waals surface area contributed by atoms with Crippen LogP contribution in [0.15, 0.2) is 76.8 Å². The second kappa shape index (κ2) is 12.7. The van der Waals surface area contributed by atoms with Crippen LogP contribution in [0, 0.1) is 11.7 Å². The van der Waals surface area contributed by atoms with E-state index in [9.17, 15) is 9.18 Å². The number of aromatic nitrogens is 3. The molecule has 0 spiro atoms. The summed E-state index contributed by atoms with van der Waals surface area (Å²) >= 11 is 1.36. The fraction of sp³-hybridized carbons (Fsp3) is 0.333. The van der Waals surface area contributed by atoms with Crippen molar-refractivity contribution in [2.75, 3.05) is 23.4 Å². The van der Waals surface area contributed by atoms with Crippen LogP contribution in [0.3, 0.4) is 0 Å². The monoisotopic (exact) mass is 560 g/mol. The number of para-hydroxylation sites is 1. The predicted molar refractivity (Wildman–Crippen MR) is 156 cm³/mol. The Bertz CT molecular complexity index is 1480. The quantitative estimate of drug-likeness (QED) is 0.230. The third kappa shape index (κ3) is 7.12. The largest absolute Gasteiger partial charge is 0.376 e. The van der Waals surface area contributed by atoms with Gasteiger partial charge in [0.1, 0.15) is 21.7 Å². The number of amides is 1. The van der Waals surface area contributed by atoms with Gasteiger partial charge in [0, 0.05) is 23.7 Å². The summed E-state index contributed by atoms with van der Waals surface area (Å²) in [6, 6.07) is 19.0. The molecule has 5 rings (SSSR count). The number of ether oxygens (including phenoxy) is 1. The number of halogens is 1. The zero-order valence-electron chi connectivity index (χ0n) is 22.6. The van der Waals surface area contributed by atoms with Crippen LogP contribution in [0.5, 0.6) is 0 Å². The van der Waals surface area contributed by atoms with Gasteiger partial charge in [0.05, 0.1) is 24.2 Å². The molecule has 8 nitrogen and oxygen atoms in total. The summed E-state index contributed by atoms with van der Waals surface area (Å²) in [6.07, 6.45) is 2.18. The molecule has 0 bridgehead atoms. The number of anilines is 3. The van der Waals surface area contributed by atoms with Gasteiger partial charge >= 0.3 is 0 Å². The van der Waals surface area contributed by atoms with Gasteiger partial charge in [0.15, 0.2) is 0 Å². The maximum absolute atomic E-state index is 13.9. The minimum Gasteiger partial charge on any atom is -0.376 e. The fourth-order valence-corrected chi connectivity index (χ4v) is 5.44. The molecular formula is C30H33FN6O2S. The van der Waals surface area contributed by atoms with Crippen molar-refractivity contribution in [1.29, 1.82) is 0 Å². The SMILES string of the molecule is CC(C)C[C@H](N)C(=O)N(CC1CCCO1)c1nc(Nc2cccc(F)c2)cc(Sc2ccc3ccccc3n2)n1. The van der Waals surface area contributed by atoms with Gasteiger partial charge in [0.2, 0.25) is 11.9 Å². The van der Waals surface area contributed by atoms with Crippen molar-refractivity contribution in [2.45, 2.75) is 55.3 Å². The van der Waals surface area contributed by atoms with Gasteiger partial charge < -0.3 is 15.8 Å². The second-order valence-corrected chi connectivity index (χ2v) is 11.3. The molecule has 2 aromatic heterocycles. The summed E-state index contributed by atoms with van der Waals surface area (Å²) in [5.41, 5.74) is 7.76. The number of nitrogens with one attached hydrogen (secondary N) is 1. The highest BCUT2D eigenvalue weighted by molar-refractivity contribution is 7.99. The Morgan fingerprint density at radius 3 is 2.73 bits per heavy atom. The van der Waals surface area contributed by atoms with Gasteiger partial charge in [-0.05, 0) is 67.3 Å². The Morgan fingerprint density at radius 2 is 1.95 bits per heavy atom. The molecule has 3 N–H and O–H groups in total. The summed E-state index contributed by atoms with van der Waals surface area (Å²) in [5.74, 6) is 0.248. The van der Waals surface area contributed by atoms with Crippen molar-refractivity contribution >= 4 is 46.0 Å². The maximum atomic E-state index is 13.9. The zero-order valence-corrected chi connectivity index (χ0v) is 23.4. The van der Waals surface area contributed by atoms with Crippen molar-refractivity contribution in [2.24, 2.45) is 11.7 Å². The minimum absolute atomic E-state index is 0.128. The molecular weight excluding hydrogens is 527 g/mol. The fourth-order valence-electron chi connectivity index (χ4n) is 4.65. The Kier molecular flexibility index (Phi) is 8.88. The van der Waals surface area contributed by atoms with Crippen molar-refractivity contribution in [3.05, 3.63) is 72.5 Å². The number of hydrogen-bond acceptors (Lipinski definition) is 8. The van der Waals surface area contributed by atoms with Crippen LogP contribution in [0.2, 0.25) is 0 Å². The molecule has 1 saturated heterocycles. The van der Waals surface area contributed by atoms with Gasteiger partial charge in [-0.2, -0.15) is 4.98 Å². The number of fused-ring (bicyclic) bond motifs is 1. The number of carbonyl (C=O) groups excluding carboxylic acids is 1. The molecule has 0 aliphatic carbocycles. The lowest BCUT2D eigenvalue weighted by atomic mass is 10.0. The Balaban J connectivity index is 1.53. The topological polar surface area (TPSA) is 106 Å². The highest BCUT2D eigenvalue weighted by atomic mass is 32.2. The molecule has 40 heavy (non-hydrogen) atoms. The molecule has 1 unspecified atom stereocenters. The zero-order chi connectivity index (χ0) is 28.1.